The van der Waals surface area contributed by atoms with E-state index >= 15 is 0 Å². The highest BCUT2D eigenvalue weighted by molar-refractivity contribution is 6.10. The van der Waals surface area contributed by atoms with Crippen LogP contribution in [0, 0.1) is 5.82 Å². The maximum Gasteiger partial charge on any atom is 0.196 e. The summed E-state index contributed by atoms with van der Waals surface area (Å²) >= 11 is 0. The second kappa shape index (κ2) is 6.84. The van der Waals surface area contributed by atoms with E-state index in [0.29, 0.717) is 5.56 Å². The first-order chi connectivity index (χ1) is 10.8. The number of benzene rings is 2. The van der Waals surface area contributed by atoms with Gasteiger partial charge in [-0.2, -0.15) is 0 Å². The maximum absolute atomic E-state index is 13.9. The van der Waals surface area contributed by atoms with Crippen molar-refractivity contribution in [1.82, 2.24) is 4.90 Å². The predicted molar refractivity (Wildman–Crippen MR) is 85.4 cm³/mol. The zero-order valence-electron chi connectivity index (χ0n) is 12.6. The van der Waals surface area contributed by atoms with Gasteiger partial charge in [-0.25, -0.2) is 4.39 Å². The number of hydrogen-bond donors (Lipinski definition) is 0. The Hall–Kier alpha value is -2.00. The SMILES string of the molecule is O=C(c1ccccc1F)c1ccccc1CN1CCCCC1. The topological polar surface area (TPSA) is 20.3 Å². The van der Waals surface area contributed by atoms with Crippen LogP contribution in [0.2, 0.25) is 0 Å². The largest absolute Gasteiger partial charge is 0.299 e. The lowest BCUT2D eigenvalue weighted by molar-refractivity contribution is 0.103. The van der Waals surface area contributed by atoms with E-state index in [0.717, 1.165) is 25.2 Å². The van der Waals surface area contributed by atoms with E-state index in [2.05, 4.69) is 4.90 Å². The molecule has 2 aromatic carbocycles. The highest BCUT2D eigenvalue weighted by atomic mass is 19.1. The van der Waals surface area contributed by atoms with Crippen molar-refractivity contribution in [3.8, 4) is 0 Å². The predicted octanol–water partition coefficient (Wildman–Crippen LogP) is 4.04. The molecule has 0 atom stereocenters. The van der Waals surface area contributed by atoms with E-state index < -0.39 is 5.82 Å². The Morgan fingerprint density at radius 2 is 1.55 bits per heavy atom. The smallest absolute Gasteiger partial charge is 0.196 e. The summed E-state index contributed by atoms with van der Waals surface area (Å²) in [6, 6.07) is 13.7. The average Bonchev–Trinajstić information content (AvgIpc) is 2.56. The lowest BCUT2D eigenvalue weighted by Crippen LogP contribution is -2.29. The number of hydrogen-bond acceptors (Lipinski definition) is 2. The minimum absolute atomic E-state index is 0.147. The van der Waals surface area contributed by atoms with Crippen LogP contribution in [-0.4, -0.2) is 23.8 Å². The number of likely N-dealkylation sites (tertiary alicyclic amines) is 1. The van der Waals surface area contributed by atoms with Crippen LogP contribution in [-0.2, 0) is 6.54 Å². The van der Waals surface area contributed by atoms with E-state index in [-0.39, 0.29) is 11.3 Å². The van der Waals surface area contributed by atoms with Gasteiger partial charge in [-0.3, -0.25) is 9.69 Å². The summed E-state index contributed by atoms with van der Waals surface area (Å²) in [5.41, 5.74) is 1.74. The number of nitrogens with zero attached hydrogens (tertiary/aromatic N) is 1. The quantitative estimate of drug-likeness (QED) is 0.794. The normalized spacial score (nSPS) is 15.7. The molecule has 1 fully saturated rings. The first kappa shape index (κ1) is 14.9. The third-order valence-electron chi connectivity index (χ3n) is 4.22. The Kier molecular flexibility index (Phi) is 4.64. The Balaban J connectivity index is 1.87. The molecule has 0 unspecified atom stereocenters. The Bertz CT molecular complexity index is 662. The fourth-order valence-electron chi connectivity index (χ4n) is 3.03. The summed E-state index contributed by atoms with van der Waals surface area (Å²) in [5, 5.41) is 0. The first-order valence-electron chi connectivity index (χ1n) is 7.85. The minimum atomic E-state index is -0.458. The fraction of sp³-hybridized carbons (Fsp3) is 0.316. The summed E-state index contributed by atoms with van der Waals surface area (Å²) in [4.78, 5) is 15.0. The number of piperidine rings is 1. The van der Waals surface area contributed by atoms with Crippen molar-refractivity contribution in [3.63, 3.8) is 0 Å². The zero-order chi connectivity index (χ0) is 15.4. The van der Waals surface area contributed by atoms with Crippen LogP contribution in [0.5, 0.6) is 0 Å². The Morgan fingerprint density at radius 1 is 0.909 bits per heavy atom. The molecular formula is C19H20FNO. The van der Waals surface area contributed by atoms with Crippen LogP contribution < -0.4 is 0 Å². The minimum Gasteiger partial charge on any atom is -0.299 e. The van der Waals surface area contributed by atoms with Gasteiger partial charge in [-0.15, -0.1) is 0 Å². The van der Waals surface area contributed by atoms with Crippen molar-refractivity contribution in [2.24, 2.45) is 0 Å². The van der Waals surface area contributed by atoms with Gasteiger partial charge in [0, 0.05) is 12.1 Å². The van der Waals surface area contributed by atoms with Gasteiger partial charge < -0.3 is 0 Å². The van der Waals surface area contributed by atoms with Crippen LogP contribution in [0.1, 0.15) is 40.7 Å². The van der Waals surface area contributed by atoms with E-state index in [1.54, 1.807) is 24.3 Å². The molecule has 0 bridgehead atoms. The number of halogens is 1. The Labute approximate surface area is 130 Å². The summed E-state index contributed by atoms with van der Waals surface area (Å²) in [5.74, 6) is -0.689. The number of carbonyl (C=O) groups excluding carboxylic acids is 1. The summed E-state index contributed by atoms with van der Waals surface area (Å²) < 4.78 is 13.9. The molecule has 0 spiro atoms. The van der Waals surface area contributed by atoms with Gasteiger partial charge in [-0.1, -0.05) is 42.8 Å². The molecule has 22 heavy (non-hydrogen) atoms. The Morgan fingerprint density at radius 3 is 2.27 bits per heavy atom. The molecule has 2 nitrogen and oxygen atoms in total. The molecule has 114 valence electrons. The molecule has 0 saturated carbocycles. The van der Waals surface area contributed by atoms with Crippen LogP contribution in [0.4, 0.5) is 4.39 Å². The van der Waals surface area contributed by atoms with E-state index in [1.165, 1.54) is 25.3 Å². The molecule has 0 aromatic heterocycles. The maximum atomic E-state index is 13.9. The van der Waals surface area contributed by atoms with Gasteiger partial charge in [0.15, 0.2) is 5.78 Å². The molecule has 1 aliphatic rings. The van der Waals surface area contributed by atoms with Crippen LogP contribution in [0.15, 0.2) is 48.5 Å². The van der Waals surface area contributed by atoms with Gasteiger partial charge in [0.05, 0.1) is 5.56 Å². The van der Waals surface area contributed by atoms with Crippen molar-refractivity contribution < 1.29 is 9.18 Å². The van der Waals surface area contributed by atoms with Crippen molar-refractivity contribution in [2.75, 3.05) is 13.1 Å². The summed E-state index contributed by atoms with van der Waals surface area (Å²) in [6.45, 7) is 2.90. The molecule has 0 amide bonds. The molecule has 2 aromatic rings. The number of ketones is 1. The van der Waals surface area contributed by atoms with E-state index in [1.807, 2.05) is 18.2 Å². The van der Waals surface area contributed by atoms with E-state index in [9.17, 15) is 9.18 Å². The van der Waals surface area contributed by atoms with Crippen LogP contribution in [0.25, 0.3) is 0 Å². The van der Waals surface area contributed by atoms with E-state index in [4.69, 9.17) is 0 Å². The second-order valence-corrected chi connectivity index (χ2v) is 5.80. The average molecular weight is 297 g/mol. The molecule has 3 rings (SSSR count). The zero-order valence-corrected chi connectivity index (χ0v) is 12.6. The third-order valence-corrected chi connectivity index (χ3v) is 4.22. The lowest BCUT2D eigenvalue weighted by atomic mass is 9.97. The molecule has 0 aliphatic carbocycles. The fourth-order valence-corrected chi connectivity index (χ4v) is 3.03. The van der Waals surface area contributed by atoms with Gasteiger partial charge in [0.25, 0.3) is 0 Å². The van der Waals surface area contributed by atoms with Crippen molar-refractivity contribution in [2.45, 2.75) is 25.8 Å². The molecule has 0 N–H and O–H groups in total. The first-order valence-corrected chi connectivity index (χ1v) is 7.85. The highest BCUT2D eigenvalue weighted by Crippen LogP contribution is 2.20. The highest BCUT2D eigenvalue weighted by Gasteiger charge is 2.18. The van der Waals surface area contributed by atoms with Gasteiger partial charge in [0.1, 0.15) is 5.82 Å². The third kappa shape index (κ3) is 3.25. The standard InChI is InChI=1S/C19H20FNO/c20-18-11-5-4-10-17(18)19(22)16-9-3-2-8-15(16)14-21-12-6-1-7-13-21/h2-5,8-11H,1,6-7,12-14H2. The second-order valence-electron chi connectivity index (χ2n) is 5.80. The molecular weight excluding hydrogens is 277 g/mol. The number of rotatable bonds is 4. The summed E-state index contributed by atoms with van der Waals surface area (Å²) in [7, 11) is 0. The molecule has 1 aliphatic heterocycles. The molecule has 0 radical (unpaired) electrons. The van der Waals surface area contributed by atoms with Gasteiger partial charge in [0.2, 0.25) is 0 Å². The monoisotopic (exact) mass is 297 g/mol. The molecule has 3 heteroatoms. The van der Waals surface area contributed by atoms with Gasteiger partial charge >= 0.3 is 0 Å². The van der Waals surface area contributed by atoms with Gasteiger partial charge in [-0.05, 0) is 43.6 Å². The van der Waals surface area contributed by atoms with Crippen LogP contribution in [0.3, 0.4) is 0 Å². The van der Waals surface area contributed by atoms with Crippen molar-refractivity contribution >= 4 is 5.78 Å². The van der Waals surface area contributed by atoms with Crippen LogP contribution >= 0.6 is 0 Å². The number of carbonyl (C=O) groups is 1. The lowest BCUT2D eigenvalue weighted by Gasteiger charge is -2.27. The molecule has 1 saturated heterocycles. The summed E-state index contributed by atoms with van der Waals surface area (Å²) in [6.07, 6.45) is 3.71. The molecule has 1 heterocycles. The van der Waals surface area contributed by atoms with Crippen molar-refractivity contribution in [3.05, 3.63) is 71.0 Å². The van der Waals surface area contributed by atoms with Crippen molar-refractivity contribution in [1.29, 1.82) is 0 Å².